The van der Waals surface area contributed by atoms with Gasteiger partial charge in [0.25, 0.3) is 0 Å². The van der Waals surface area contributed by atoms with E-state index in [1.165, 1.54) is 5.56 Å². The molecule has 1 aliphatic heterocycles. The number of nitrogens with zero attached hydrogens (tertiary/aromatic N) is 1. The molecule has 3 heteroatoms. The standard InChI is InChI=1S/C13H18N2O/c1-9-11(5-3-6-12(9)14)13-7-4-8-15(13)10(2)16/h3,5-6,13H,4,7-8,14H2,1-2H3. The van der Waals surface area contributed by atoms with E-state index in [1.54, 1.807) is 6.92 Å². The molecular formula is C13H18N2O. The molecule has 2 rings (SSSR count). The zero-order valence-corrected chi connectivity index (χ0v) is 9.86. The van der Waals surface area contributed by atoms with Crippen LogP contribution in [0.1, 0.15) is 36.9 Å². The molecule has 1 aromatic carbocycles. The van der Waals surface area contributed by atoms with Crippen molar-refractivity contribution in [2.24, 2.45) is 0 Å². The molecule has 1 heterocycles. The molecule has 0 aromatic heterocycles. The molecule has 0 spiro atoms. The Labute approximate surface area is 96.2 Å². The first-order valence-corrected chi connectivity index (χ1v) is 5.73. The van der Waals surface area contributed by atoms with Gasteiger partial charge in [0, 0.05) is 19.2 Å². The molecule has 3 nitrogen and oxygen atoms in total. The predicted octanol–water partition coefficient (Wildman–Crippen LogP) is 2.26. The maximum absolute atomic E-state index is 11.5. The summed E-state index contributed by atoms with van der Waals surface area (Å²) < 4.78 is 0. The van der Waals surface area contributed by atoms with Gasteiger partial charge < -0.3 is 10.6 Å². The SMILES string of the molecule is CC(=O)N1CCCC1c1cccc(N)c1C. The normalized spacial score (nSPS) is 20.1. The van der Waals surface area contributed by atoms with Crippen molar-refractivity contribution in [3.8, 4) is 0 Å². The number of benzene rings is 1. The van der Waals surface area contributed by atoms with Crippen LogP contribution < -0.4 is 5.73 Å². The lowest BCUT2D eigenvalue weighted by molar-refractivity contribution is -0.129. The van der Waals surface area contributed by atoms with Crippen molar-refractivity contribution >= 4 is 11.6 Å². The Kier molecular flexibility index (Phi) is 2.86. The summed E-state index contributed by atoms with van der Waals surface area (Å²) in [6.07, 6.45) is 2.13. The Morgan fingerprint density at radius 3 is 2.94 bits per heavy atom. The molecular weight excluding hydrogens is 200 g/mol. The zero-order valence-electron chi connectivity index (χ0n) is 9.86. The first-order chi connectivity index (χ1) is 7.61. The van der Waals surface area contributed by atoms with Gasteiger partial charge in [0.05, 0.1) is 6.04 Å². The third-order valence-electron chi connectivity index (χ3n) is 3.43. The highest BCUT2D eigenvalue weighted by molar-refractivity contribution is 5.74. The van der Waals surface area contributed by atoms with Crippen LogP contribution in [0.4, 0.5) is 5.69 Å². The van der Waals surface area contributed by atoms with Gasteiger partial charge in [-0.3, -0.25) is 4.79 Å². The lowest BCUT2D eigenvalue weighted by atomic mass is 9.98. The van der Waals surface area contributed by atoms with Crippen LogP contribution in [0.5, 0.6) is 0 Å². The Hall–Kier alpha value is -1.51. The van der Waals surface area contributed by atoms with Crippen LogP contribution in [0, 0.1) is 6.92 Å². The molecule has 86 valence electrons. The van der Waals surface area contributed by atoms with Gasteiger partial charge >= 0.3 is 0 Å². The fourth-order valence-electron chi connectivity index (χ4n) is 2.50. The van der Waals surface area contributed by atoms with Gasteiger partial charge in [-0.05, 0) is 37.0 Å². The van der Waals surface area contributed by atoms with Crippen molar-refractivity contribution in [1.29, 1.82) is 0 Å². The van der Waals surface area contributed by atoms with E-state index in [9.17, 15) is 4.79 Å². The third kappa shape index (κ3) is 1.77. The summed E-state index contributed by atoms with van der Waals surface area (Å²) in [4.78, 5) is 13.5. The Balaban J connectivity index is 2.36. The van der Waals surface area contributed by atoms with Gasteiger partial charge in [-0.1, -0.05) is 12.1 Å². The Morgan fingerprint density at radius 1 is 1.50 bits per heavy atom. The van der Waals surface area contributed by atoms with Gasteiger partial charge in [-0.15, -0.1) is 0 Å². The average Bonchev–Trinajstić information content (AvgIpc) is 2.70. The minimum absolute atomic E-state index is 0.157. The molecule has 1 fully saturated rings. The van der Waals surface area contributed by atoms with Crippen LogP contribution in [-0.2, 0) is 4.79 Å². The minimum Gasteiger partial charge on any atom is -0.399 e. The lowest BCUT2D eigenvalue weighted by Gasteiger charge is -2.25. The number of anilines is 1. The Bertz CT molecular complexity index is 414. The molecule has 1 aliphatic rings. The summed E-state index contributed by atoms with van der Waals surface area (Å²) in [6.45, 7) is 4.54. The average molecular weight is 218 g/mol. The Morgan fingerprint density at radius 2 is 2.25 bits per heavy atom. The van der Waals surface area contributed by atoms with E-state index in [0.29, 0.717) is 0 Å². The second-order valence-corrected chi connectivity index (χ2v) is 4.43. The largest absolute Gasteiger partial charge is 0.399 e. The molecule has 16 heavy (non-hydrogen) atoms. The van der Waals surface area contributed by atoms with Gasteiger partial charge in [0.2, 0.25) is 5.91 Å². The molecule has 0 bridgehead atoms. The van der Waals surface area contributed by atoms with Crippen LogP contribution in [0.15, 0.2) is 18.2 Å². The molecule has 1 atom stereocenters. The topological polar surface area (TPSA) is 46.3 Å². The number of hydrogen-bond donors (Lipinski definition) is 1. The highest BCUT2D eigenvalue weighted by atomic mass is 16.2. The van der Waals surface area contributed by atoms with E-state index in [0.717, 1.165) is 30.6 Å². The highest BCUT2D eigenvalue weighted by Crippen LogP contribution is 2.34. The summed E-state index contributed by atoms with van der Waals surface area (Å²) >= 11 is 0. The van der Waals surface area contributed by atoms with Crippen LogP contribution in [0.2, 0.25) is 0 Å². The number of likely N-dealkylation sites (tertiary alicyclic amines) is 1. The molecule has 0 aliphatic carbocycles. The predicted molar refractivity (Wildman–Crippen MR) is 65.0 cm³/mol. The number of carbonyl (C=O) groups excluding carboxylic acids is 1. The van der Waals surface area contributed by atoms with Crippen molar-refractivity contribution in [1.82, 2.24) is 4.90 Å². The molecule has 0 saturated carbocycles. The summed E-state index contributed by atoms with van der Waals surface area (Å²) in [5.74, 6) is 0.157. The quantitative estimate of drug-likeness (QED) is 0.735. The van der Waals surface area contributed by atoms with E-state index in [4.69, 9.17) is 5.73 Å². The maximum atomic E-state index is 11.5. The molecule has 2 N–H and O–H groups in total. The van der Waals surface area contributed by atoms with E-state index in [2.05, 4.69) is 6.07 Å². The van der Waals surface area contributed by atoms with Crippen molar-refractivity contribution in [2.75, 3.05) is 12.3 Å². The van der Waals surface area contributed by atoms with Gasteiger partial charge in [-0.25, -0.2) is 0 Å². The van der Waals surface area contributed by atoms with Crippen LogP contribution in [-0.4, -0.2) is 17.4 Å². The van der Waals surface area contributed by atoms with Gasteiger partial charge in [0.1, 0.15) is 0 Å². The summed E-state index contributed by atoms with van der Waals surface area (Å²) in [5, 5.41) is 0. The smallest absolute Gasteiger partial charge is 0.219 e. The van der Waals surface area contributed by atoms with Gasteiger partial charge in [-0.2, -0.15) is 0 Å². The first kappa shape index (κ1) is 11.0. The molecule has 1 amide bonds. The zero-order chi connectivity index (χ0) is 11.7. The van der Waals surface area contributed by atoms with Crippen molar-refractivity contribution in [3.05, 3.63) is 29.3 Å². The number of rotatable bonds is 1. The summed E-state index contributed by atoms with van der Waals surface area (Å²) in [5.41, 5.74) is 9.03. The minimum atomic E-state index is 0.157. The summed E-state index contributed by atoms with van der Waals surface area (Å²) in [6, 6.07) is 6.18. The van der Waals surface area contributed by atoms with E-state index < -0.39 is 0 Å². The van der Waals surface area contributed by atoms with E-state index in [-0.39, 0.29) is 11.9 Å². The van der Waals surface area contributed by atoms with E-state index >= 15 is 0 Å². The fourth-order valence-corrected chi connectivity index (χ4v) is 2.50. The van der Waals surface area contributed by atoms with Crippen molar-refractivity contribution in [3.63, 3.8) is 0 Å². The van der Waals surface area contributed by atoms with Gasteiger partial charge in [0.15, 0.2) is 0 Å². The summed E-state index contributed by atoms with van der Waals surface area (Å²) in [7, 11) is 0. The van der Waals surface area contributed by atoms with E-state index in [1.807, 2.05) is 24.0 Å². The number of carbonyl (C=O) groups is 1. The molecule has 1 aromatic rings. The highest BCUT2D eigenvalue weighted by Gasteiger charge is 2.28. The first-order valence-electron chi connectivity index (χ1n) is 5.73. The maximum Gasteiger partial charge on any atom is 0.219 e. The molecule has 0 radical (unpaired) electrons. The van der Waals surface area contributed by atoms with Crippen LogP contribution in [0.3, 0.4) is 0 Å². The lowest BCUT2D eigenvalue weighted by Crippen LogP contribution is -2.28. The van der Waals surface area contributed by atoms with Crippen LogP contribution in [0.25, 0.3) is 0 Å². The van der Waals surface area contributed by atoms with Crippen molar-refractivity contribution in [2.45, 2.75) is 32.7 Å². The number of amides is 1. The third-order valence-corrected chi connectivity index (χ3v) is 3.43. The van der Waals surface area contributed by atoms with Crippen molar-refractivity contribution < 1.29 is 4.79 Å². The number of nitrogen functional groups attached to an aromatic ring is 1. The second kappa shape index (κ2) is 4.16. The molecule has 1 saturated heterocycles. The fraction of sp³-hybridized carbons (Fsp3) is 0.462. The molecule has 1 unspecified atom stereocenters. The number of nitrogens with two attached hydrogens (primary N) is 1. The number of hydrogen-bond acceptors (Lipinski definition) is 2. The second-order valence-electron chi connectivity index (χ2n) is 4.43. The van der Waals surface area contributed by atoms with Crippen LogP contribution >= 0.6 is 0 Å². The monoisotopic (exact) mass is 218 g/mol.